The maximum Gasteiger partial charge on any atom is 0.126 e. The average Bonchev–Trinajstić information content (AvgIpc) is 2.20. The van der Waals surface area contributed by atoms with Crippen molar-refractivity contribution in [1.82, 2.24) is 4.98 Å². The first kappa shape index (κ1) is 12.5. The van der Waals surface area contributed by atoms with Crippen LogP contribution in [-0.4, -0.2) is 17.6 Å². The minimum Gasteiger partial charge on any atom is -0.369 e. The van der Waals surface area contributed by atoms with Crippen molar-refractivity contribution in [3.05, 3.63) is 22.3 Å². The van der Waals surface area contributed by atoms with Crippen LogP contribution in [0.2, 0.25) is 0 Å². The number of rotatable bonds is 5. The standard InChI is InChI=1S/C11H18BrN3/c1-3-4-9(13)7-14-11-6-5-10(12)8(2)15-11/h5-6,9H,3-4,7,13H2,1-2H3,(H,14,15). The highest BCUT2D eigenvalue weighted by Crippen LogP contribution is 2.16. The molecule has 0 amide bonds. The fourth-order valence-electron chi connectivity index (χ4n) is 1.35. The van der Waals surface area contributed by atoms with Crippen molar-refractivity contribution in [3.8, 4) is 0 Å². The number of nitrogens with one attached hydrogen (secondary N) is 1. The summed E-state index contributed by atoms with van der Waals surface area (Å²) < 4.78 is 1.03. The average molecular weight is 272 g/mol. The lowest BCUT2D eigenvalue weighted by molar-refractivity contribution is 0.626. The number of hydrogen-bond acceptors (Lipinski definition) is 3. The second-order valence-electron chi connectivity index (χ2n) is 3.69. The summed E-state index contributed by atoms with van der Waals surface area (Å²) in [5, 5.41) is 3.24. The maximum absolute atomic E-state index is 5.90. The quantitative estimate of drug-likeness (QED) is 0.866. The number of anilines is 1. The number of aryl methyl sites for hydroxylation is 1. The molecule has 1 aromatic heterocycles. The number of nitrogens with zero attached hydrogens (tertiary/aromatic N) is 1. The van der Waals surface area contributed by atoms with E-state index in [0.717, 1.165) is 35.4 Å². The third-order valence-corrected chi connectivity index (χ3v) is 3.06. The van der Waals surface area contributed by atoms with E-state index in [1.807, 2.05) is 19.1 Å². The van der Waals surface area contributed by atoms with Crippen molar-refractivity contribution in [1.29, 1.82) is 0 Å². The zero-order chi connectivity index (χ0) is 11.3. The van der Waals surface area contributed by atoms with Crippen LogP contribution in [0.3, 0.4) is 0 Å². The molecule has 1 rings (SSSR count). The van der Waals surface area contributed by atoms with Gasteiger partial charge in [0.25, 0.3) is 0 Å². The summed E-state index contributed by atoms with van der Waals surface area (Å²) in [5.41, 5.74) is 6.89. The topological polar surface area (TPSA) is 50.9 Å². The normalized spacial score (nSPS) is 12.5. The number of aromatic nitrogens is 1. The molecule has 1 unspecified atom stereocenters. The first-order valence-corrected chi connectivity index (χ1v) is 6.05. The third kappa shape index (κ3) is 4.18. The van der Waals surface area contributed by atoms with E-state index in [1.54, 1.807) is 0 Å². The van der Waals surface area contributed by atoms with E-state index in [1.165, 1.54) is 0 Å². The molecule has 0 aromatic carbocycles. The van der Waals surface area contributed by atoms with Crippen LogP contribution in [0.1, 0.15) is 25.5 Å². The molecule has 0 saturated heterocycles. The van der Waals surface area contributed by atoms with Crippen LogP contribution in [0.5, 0.6) is 0 Å². The molecule has 0 saturated carbocycles. The Morgan fingerprint density at radius 3 is 2.87 bits per heavy atom. The van der Waals surface area contributed by atoms with Gasteiger partial charge in [-0.2, -0.15) is 0 Å². The highest BCUT2D eigenvalue weighted by Gasteiger charge is 2.02. The van der Waals surface area contributed by atoms with Gasteiger partial charge in [0, 0.05) is 17.1 Å². The highest BCUT2D eigenvalue weighted by atomic mass is 79.9. The predicted octanol–water partition coefficient (Wildman–Crippen LogP) is 2.69. The summed E-state index contributed by atoms with van der Waals surface area (Å²) >= 11 is 3.42. The van der Waals surface area contributed by atoms with Gasteiger partial charge in [0.05, 0.1) is 5.69 Å². The SMILES string of the molecule is CCCC(N)CNc1ccc(Br)c(C)n1. The van der Waals surface area contributed by atoms with Crippen LogP contribution >= 0.6 is 15.9 Å². The van der Waals surface area contributed by atoms with Crippen molar-refractivity contribution in [2.75, 3.05) is 11.9 Å². The molecule has 0 aliphatic carbocycles. The smallest absolute Gasteiger partial charge is 0.126 e. The summed E-state index contributed by atoms with van der Waals surface area (Å²) in [5.74, 6) is 0.891. The molecule has 3 N–H and O–H groups in total. The molecule has 1 atom stereocenters. The molecular formula is C11H18BrN3. The monoisotopic (exact) mass is 271 g/mol. The van der Waals surface area contributed by atoms with Gasteiger partial charge in [-0.1, -0.05) is 13.3 Å². The van der Waals surface area contributed by atoms with Crippen molar-refractivity contribution < 1.29 is 0 Å². The van der Waals surface area contributed by atoms with E-state index >= 15 is 0 Å². The molecule has 15 heavy (non-hydrogen) atoms. The van der Waals surface area contributed by atoms with E-state index in [-0.39, 0.29) is 6.04 Å². The van der Waals surface area contributed by atoms with Gasteiger partial charge in [-0.25, -0.2) is 4.98 Å². The van der Waals surface area contributed by atoms with E-state index in [4.69, 9.17) is 5.73 Å². The van der Waals surface area contributed by atoms with E-state index in [2.05, 4.69) is 33.2 Å². The largest absolute Gasteiger partial charge is 0.369 e. The van der Waals surface area contributed by atoms with Gasteiger partial charge in [0.15, 0.2) is 0 Å². The summed E-state index contributed by atoms with van der Waals surface area (Å²) in [7, 11) is 0. The van der Waals surface area contributed by atoms with Gasteiger partial charge in [0.1, 0.15) is 5.82 Å². The molecule has 0 spiro atoms. The molecule has 1 aromatic rings. The number of pyridine rings is 1. The zero-order valence-electron chi connectivity index (χ0n) is 9.26. The van der Waals surface area contributed by atoms with Crippen molar-refractivity contribution in [3.63, 3.8) is 0 Å². The third-order valence-electron chi connectivity index (χ3n) is 2.23. The van der Waals surface area contributed by atoms with Crippen LogP contribution in [0, 0.1) is 6.92 Å². The predicted molar refractivity (Wildman–Crippen MR) is 68.0 cm³/mol. The molecule has 84 valence electrons. The number of nitrogens with two attached hydrogens (primary N) is 1. The Labute approximate surface area is 99.6 Å². The van der Waals surface area contributed by atoms with Crippen LogP contribution in [0.15, 0.2) is 16.6 Å². The first-order chi connectivity index (χ1) is 7.13. The molecule has 0 bridgehead atoms. The fourth-order valence-corrected chi connectivity index (χ4v) is 1.57. The lowest BCUT2D eigenvalue weighted by Crippen LogP contribution is -2.29. The molecular weight excluding hydrogens is 254 g/mol. The van der Waals surface area contributed by atoms with E-state index in [0.29, 0.717) is 0 Å². The Morgan fingerprint density at radius 2 is 2.27 bits per heavy atom. The Morgan fingerprint density at radius 1 is 1.53 bits per heavy atom. The lowest BCUT2D eigenvalue weighted by atomic mass is 10.2. The molecule has 4 heteroatoms. The van der Waals surface area contributed by atoms with Gasteiger partial charge in [-0.05, 0) is 41.4 Å². The van der Waals surface area contributed by atoms with Gasteiger partial charge in [-0.15, -0.1) is 0 Å². The Hall–Kier alpha value is -0.610. The zero-order valence-corrected chi connectivity index (χ0v) is 10.8. The first-order valence-electron chi connectivity index (χ1n) is 5.26. The second kappa shape index (κ2) is 6.08. The van der Waals surface area contributed by atoms with Gasteiger partial charge in [-0.3, -0.25) is 0 Å². The second-order valence-corrected chi connectivity index (χ2v) is 4.55. The highest BCUT2D eigenvalue weighted by molar-refractivity contribution is 9.10. The summed E-state index contributed by atoms with van der Waals surface area (Å²) in [6.07, 6.45) is 2.16. The van der Waals surface area contributed by atoms with E-state index in [9.17, 15) is 0 Å². The molecule has 0 aliphatic rings. The molecule has 0 radical (unpaired) electrons. The number of hydrogen-bond donors (Lipinski definition) is 2. The maximum atomic E-state index is 5.90. The van der Waals surface area contributed by atoms with E-state index < -0.39 is 0 Å². The summed E-state index contributed by atoms with van der Waals surface area (Å²) in [4.78, 5) is 4.39. The van der Waals surface area contributed by atoms with Crippen LogP contribution in [-0.2, 0) is 0 Å². The Balaban J connectivity index is 2.47. The fraction of sp³-hybridized carbons (Fsp3) is 0.545. The minimum atomic E-state index is 0.209. The Kier molecular flexibility index (Phi) is 5.05. The molecule has 3 nitrogen and oxygen atoms in total. The summed E-state index contributed by atoms with van der Waals surface area (Å²) in [6, 6.07) is 4.16. The van der Waals surface area contributed by atoms with Crippen molar-refractivity contribution >= 4 is 21.7 Å². The van der Waals surface area contributed by atoms with Crippen molar-refractivity contribution in [2.45, 2.75) is 32.7 Å². The van der Waals surface area contributed by atoms with Gasteiger partial charge in [0.2, 0.25) is 0 Å². The van der Waals surface area contributed by atoms with Crippen molar-refractivity contribution in [2.24, 2.45) is 5.73 Å². The molecule has 0 fully saturated rings. The van der Waals surface area contributed by atoms with Crippen LogP contribution < -0.4 is 11.1 Å². The molecule has 0 aliphatic heterocycles. The summed E-state index contributed by atoms with van der Waals surface area (Å²) in [6.45, 7) is 4.89. The number of halogens is 1. The molecule has 1 heterocycles. The van der Waals surface area contributed by atoms with Gasteiger partial charge < -0.3 is 11.1 Å². The Bertz CT molecular complexity index is 315. The van der Waals surface area contributed by atoms with Crippen LogP contribution in [0.25, 0.3) is 0 Å². The van der Waals surface area contributed by atoms with Gasteiger partial charge >= 0.3 is 0 Å². The minimum absolute atomic E-state index is 0.209. The lowest BCUT2D eigenvalue weighted by Gasteiger charge is -2.12. The van der Waals surface area contributed by atoms with Crippen LogP contribution in [0.4, 0.5) is 5.82 Å².